The molecule has 5 heteroatoms. The molecule has 1 aromatic carbocycles. The van der Waals surface area contributed by atoms with Crippen molar-refractivity contribution in [1.29, 1.82) is 0 Å². The van der Waals surface area contributed by atoms with Crippen molar-refractivity contribution in [3.05, 3.63) is 33.9 Å². The van der Waals surface area contributed by atoms with Gasteiger partial charge < -0.3 is 4.74 Å². The van der Waals surface area contributed by atoms with Gasteiger partial charge in [0.1, 0.15) is 11.4 Å². The highest BCUT2D eigenvalue weighted by Gasteiger charge is 2.22. The van der Waals surface area contributed by atoms with E-state index in [0.717, 1.165) is 6.42 Å². The fourth-order valence-electron chi connectivity index (χ4n) is 1.41. The van der Waals surface area contributed by atoms with Crippen molar-refractivity contribution in [3.63, 3.8) is 0 Å². The third-order valence-electron chi connectivity index (χ3n) is 2.79. The maximum absolute atomic E-state index is 11.3. The summed E-state index contributed by atoms with van der Waals surface area (Å²) in [5.41, 5.74) is -0.514. The first-order chi connectivity index (χ1) is 8.26. The van der Waals surface area contributed by atoms with E-state index in [1.54, 1.807) is 6.07 Å². The Morgan fingerprint density at radius 1 is 1.44 bits per heavy atom. The molecular formula is C13H17NO4. The van der Waals surface area contributed by atoms with Gasteiger partial charge in [-0.3, -0.25) is 14.9 Å². The molecule has 0 aliphatic heterocycles. The number of hydrogen-bond acceptors (Lipinski definition) is 4. The van der Waals surface area contributed by atoms with Crippen molar-refractivity contribution in [2.24, 2.45) is 0 Å². The van der Waals surface area contributed by atoms with E-state index in [2.05, 4.69) is 0 Å². The zero-order chi connectivity index (χ0) is 13.9. The molecule has 5 nitrogen and oxygen atoms in total. The van der Waals surface area contributed by atoms with Crippen LogP contribution in [0.2, 0.25) is 0 Å². The lowest BCUT2D eigenvalue weighted by Gasteiger charge is -2.24. The zero-order valence-electron chi connectivity index (χ0n) is 11.0. The Hall–Kier alpha value is -1.91. The third kappa shape index (κ3) is 3.29. The lowest BCUT2D eigenvalue weighted by molar-refractivity contribution is -0.385. The normalized spacial score (nSPS) is 11.1. The van der Waals surface area contributed by atoms with E-state index in [4.69, 9.17) is 4.74 Å². The maximum Gasteiger partial charge on any atom is 0.283 e. The van der Waals surface area contributed by atoms with Crippen LogP contribution in [0.5, 0.6) is 5.75 Å². The van der Waals surface area contributed by atoms with Gasteiger partial charge in [0.15, 0.2) is 5.78 Å². The molecule has 0 heterocycles. The molecule has 0 amide bonds. The van der Waals surface area contributed by atoms with E-state index in [-0.39, 0.29) is 17.0 Å². The number of ether oxygens (including phenoxy) is 1. The largest absolute Gasteiger partial charge is 0.488 e. The number of nitro benzene ring substituents is 1. The van der Waals surface area contributed by atoms with Crippen molar-refractivity contribution >= 4 is 11.5 Å². The topological polar surface area (TPSA) is 69.4 Å². The third-order valence-corrected chi connectivity index (χ3v) is 2.79. The molecular weight excluding hydrogens is 234 g/mol. The highest BCUT2D eigenvalue weighted by molar-refractivity contribution is 5.98. The molecule has 0 bridgehead atoms. The SMILES string of the molecule is CCC(C)(C)Oc1ccc(C(C)=O)c([N+](=O)[O-])c1. The molecule has 18 heavy (non-hydrogen) atoms. The van der Waals surface area contributed by atoms with Crippen LogP contribution in [0.25, 0.3) is 0 Å². The van der Waals surface area contributed by atoms with Gasteiger partial charge in [0.05, 0.1) is 16.6 Å². The van der Waals surface area contributed by atoms with E-state index in [1.165, 1.54) is 19.1 Å². The summed E-state index contributed by atoms with van der Waals surface area (Å²) in [5.74, 6) is 0.0709. The van der Waals surface area contributed by atoms with Gasteiger partial charge in [-0.05, 0) is 39.3 Å². The van der Waals surface area contributed by atoms with E-state index >= 15 is 0 Å². The minimum absolute atomic E-state index is 0.0988. The number of ketones is 1. The summed E-state index contributed by atoms with van der Waals surface area (Å²) in [6.45, 7) is 7.08. The fourth-order valence-corrected chi connectivity index (χ4v) is 1.41. The summed E-state index contributed by atoms with van der Waals surface area (Å²) in [7, 11) is 0. The number of hydrogen-bond donors (Lipinski definition) is 0. The summed E-state index contributed by atoms with van der Waals surface area (Å²) >= 11 is 0. The Kier molecular flexibility index (Phi) is 4.06. The number of rotatable bonds is 5. The molecule has 0 saturated carbocycles. The first-order valence-corrected chi connectivity index (χ1v) is 5.75. The Morgan fingerprint density at radius 3 is 2.50 bits per heavy atom. The predicted molar refractivity (Wildman–Crippen MR) is 68.1 cm³/mol. The van der Waals surface area contributed by atoms with Crippen LogP contribution in [-0.2, 0) is 0 Å². The Balaban J connectivity index is 3.16. The Morgan fingerprint density at radius 2 is 2.06 bits per heavy atom. The van der Waals surface area contributed by atoms with Gasteiger partial charge in [-0.2, -0.15) is 0 Å². The lowest BCUT2D eigenvalue weighted by atomic mass is 10.1. The first kappa shape index (κ1) is 14.2. The molecule has 1 aromatic rings. The number of Topliss-reactive ketones (excluding diaryl/α,β-unsaturated/α-hetero) is 1. The van der Waals surface area contributed by atoms with Gasteiger partial charge in [-0.1, -0.05) is 6.92 Å². The van der Waals surface area contributed by atoms with Crippen LogP contribution in [0.3, 0.4) is 0 Å². The minimum Gasteiger partial charge on any atom is -0.488 e. The van der Waals surface area contributed by atoms with E-state index in [9.17, 15) is 14.9 Å². The van der Waals surface area contributed by atoms with Gasteiger partial charge in [-0.25, -0.2) is 0 Å². The second-order valence-corrected chi connectivity index (χ2v) is 4.71. The van der Waals surface area contributed by atoms with Crippen molar-refractivity contribution in [3.8, 4) is 5.75 Å². The van der Waals surface area contributed by atoms with Crippen molar-refractivity contribution in [2.45, 2.75) is 39.7 Å². The zero-order valence-corrected chi connectivity index (χ0v) is 11.0. The molecule has 0 N–H and O–H groups in total. The highest BCUT2D eigenvalue weighted by atomic mass is 16.6. The van der Waals surface area contributed by atoms with E-state index in [1.807, 2.05) is 20.8 Å². The van der Waals surface area contributed by atoms with Crippen molar-refractivity contribution < 1.29 is 14.5 Å². The number of nitro groups is 1. The van der Waals surface area contributed by atoms with Crippen LogP contribution in [0.1, 0.15) is 44.5 Å². The summed E-state index contributed by atoms with van der Waals surface area (Å²) in [6, 6.07) is 4.32. The summed E-state index contributed by atoms with van der Waals surface area (Å²) in [6.07, 6.45) is 0.773. The molecule has 0 unspecified atom stereocenters. The predicted octanol–water partition coefficient (Wildman–Crippen LogP) is 3.36. The van der Waals surface area contributed by atoms with Crippen LogP contribution in [0.15, 0.2) is 18.2 Å². The quantitative estimate of drug-likeness (QED) is 0.457. The molecule has 0 spiro atoms. The molecule has 0 aliphatic carbocycles. The minimum atomic E-state index is -0.567. The molecule has 0 saturated heterocycles. The average Bonchev–Trinajstić information content (AvgIpc) is 2.28. The molecule has 98 valence electrons. The van der Waals surface area contributed by atoms with Crippen molar-refractivity contribution in [2.75, 3.05) is 0 Å². The summed E-state index contributed by atoms with van der Waals surface area (Å²) in [5, 5.41) is 10.9. The second-order valence-electron chi connectivity index (χ2n) is 4.71. The Labute approximate surface area is 106 Å². The second kappa shape index (κ2) is 5.16. The van der Waals surface area contributed by atoms with Gasteiger partial charge in [0.2, 0.25) is 0 Å². The van der Waals surface area contributed by atoms with Gasteiger partial charge in [-0.15, -0.1) is 0 Å². The van der Waals surface area contributed by atoms with Gasteiger partial charge >= 0.3 is 0 Å². The van der Waals surface area contributed by atoms with Crippen LogP contribution >= 0.6 is 0 Å². The number of carbonyl (C=O) groups excluding carboxylic acids is 1. The molecule has 0 aromatic heterocycles. The number of benzene rings is 1. The van der Waals surface area contributed by atoms with E-state index < -0.39 is 10.5 Å². The molecule has 0 aliphatic rings. The molecule has 0 radical (unpaired) electrons. The van der Waals surface area contributed by atoms with Crippen LogP contribution in [-0.4, -0.2) is 16.3 Å². The average molecular weight is 251 g/mol. The smallest absolute Gasteiger partial charge is 0.283 e. The van der Waals surface area contributed by atoms with Crippen LogP contribution < -0.4 is 4.74 Å². The number of carbonyl (C=O) groups is 1. The monoisotopic (exact) mass is 251 g/mol. The standard InChI is InChI=1S/C13H17NO4/c1-5-13(3,4)18-10-6-7-11(9(2)15)12(8-10)14(16)17/h6-8H,5H2,1-4H3. The van der Waals surface area contributed by atoms with Gasteiger partial charge in [0.25, 0.3) is 5.69 Å². The Bertz CT molecular complexity index is 480. The van der Waals surface area contributed by atoms with Crippen molar-refractivity contribution in [1.82, 2.24) is 0 Å². The number of nitrogens with zero attached hydrogens (tertiary/aromatic N) is 1. The molecule has 1 rings (SSSR count). The molecule has 0 fully saturated rings. The van der Waals surface area contributed by atoms with Gasteiger partial charge in [0, 0.05) is 0 Å². The summed E-state index contributed by atoms with van der Waals surface area (Å²) in [4.78, 5) is 21.6. The molecule has 0 atom stereocenters. The summed E-state index contributed by atoms with van der Waals surface area (Å²) < 4.78 is 5.66. The lowest BCUT2D eigenvalue weighted by Crippen LogP contribution is -2.26. The van der Waals surface area contributed by atoms with Crippen LogP contribution in [0, 0.1) is 10.1 Å². The maximum atomic E-state index is 11.3. The van der Waals surface area contributed by atoms with Crippen LogP contribution in [0.4, 0.5) is 5.69 Å². The first-order valence-electron chi connectivity index (χ1n) is 5.75. The fraction of sp³-hybridized carbons (Fsp3) is 0.462. The highest BCUT2D eigenvalue weighted by Crippen LogP contribution is 2.28. The van der Waals surface area contributed by atoms with E-state index in [0.29, 0.717) is 5.75 Å².